The molecule has 2 aromatic carbocycles. The van der Waals surface area contributed by atoms with Crippen molar-refractivity contribution < 1.29 is 12.8 Å². The van der Waals surface area contributed by atoms with Crippen LogP contribution in [-0.4, -0.2) is 8.42 Å². The Kier molecular flexibility index (Phi) is 4.98. The monoisotopic (exact) mass is 321 g/mol. The van der Waals surface area contributed by atoms with Crippen molar-refractivity contribution >= 4 is 10.0 Å². The summed E-state index contributed by atoms with van der Waals surface area (Å²) in [6, 6.07) is 11.1. The Morgan fingerprint density at radius 2 is 1.73 bits per heavy atom. The SMILES string of the molecule is Cc1ccc([C@@H](C)NS(=O)(=O)Cc2ccc(F)cc2)c(C)c1. The molecule has 0 heterocycles. The summed E-state index contributed by atoms with van der Waals surface area (Å²) in [5.41, 5.74) is 3.70. The van der Waals surface area contributed by atoms with E-state index in [-0.39, 0.29) is 17.6 Å². The van der Waals surface area contributed by atoms with Gasteiger partial charge in [-0.25, -0.2) is 17.5 Å². The number of halogens is 1. The molecule has 0 unspecified atom stereocenters. The second-order valence-electron chi connectivity index (χ2n) is 5.59. The fraction of sp³-hybridized carbons (Fsp3) is 0.294. The van der Waals surface area contributed by atoms with E-state index in [2.05, 4.69) is 4.72 Å². The summed E-state index contributed by atoms with van der Waals surface area (Å²) in [5.74, 6) is -0.541. The van der Waals surface area contributed by atoms with Crippen LogP contribution < -0.4 is 4.72 Å². The van der Waals surface area contributed by atoms with Crippen LogP contribution in [0.2, 0.25) is 0 Å². The summed E-state index contributed by atoms with van der Waals surface area (Å²) < 4.78 is 40.0. The summed E-state index contributed by atoms with van der Waals surface area (Å²) in [7, 11) is -3.49. The zero-order valence-corrected chi connectivity index (χ0v) is 13.7. The van der Waals surface area contributed by atoms with E-state index in [4.69, 9.17) is 0 Å². The Morgan fingerprint density at radius 1 is 1.09 bits per heavy atom. The average Bonchev–Trinajstić information content (AvgIpc) is 2.40. The Labute approximate surface area is 131 Å². The summed E-state index contributed by atoms with van der Waals surface area (Å²) in [6.45, 7) is 5.78. The summed E-state index contributed by atoms with van der Waals surface area (Å²) in [5, 5.41) is 0. The van der Waals surface area contributed by atoms with Gasteiger partial charge in [-0.1, -0.05) is 35.9 Å². The fourth-order valence-electron chi connectivity index (χ4n) is 2.49. The van der Waals surface area contributed by atoms with E-state index in [1.165, 1.54) is 24.3 Å². The average molecular weight is 321 g/mol. The first-order valence-electron chi connectivity index (χ1n) is 7.08. The van der Waals surface area contributed by atoms with E-state index in [9.17, 15) is 12.8 Å². The third-order valence-corrected chi connectivity index (χ3v) is 4.94. The Hall–Kier alpha value is -1.72. The van der Waals surface area contributed by atoms with E-state index in [0.717, 1.165) is 16.7 Å². The lowest BCUT2D eigenvalue weighted by molar-refractivity contribution is 0.565. The topological polar surface area (TPSA) is 46.2 Å². The Balaban J connectivity index is 2.12. The van der Waals surface area contributed by atoms with Crippen molar-refractivity contribution in [2.24, 2.45) is 0 Å². The molecule has 0 aliphatic rings. The zero-order valence-electron chi connectivity index (χ0n) is 12.9. The van der Waals surface area contributed by atoms with Gasteiger partial charge in [-0.15, -0.1) is 0 Å². The van der Waals surface area contributed by atoms with Crippen LogP contribution in [0.1, 0.15) is 35.2 Å². The molecule has 5 heteroatoms. The third kappa shape index (κ3) is 4.39. The van der Waals surface area contributed by atoms with Gasteiger partial charge in [-0.2, -0.15) is 0 Å². The lowest BCUT2D eigenvalue weighted by atomic mass is 10.0. The first-order chi connectivity index (χ1) is 10.3. The second-order valence-corrected chi connectivity index (χ2v) is 7.34. The van der Waals surface area contributed by atoms with Crippen LogP contribution in [0.4, 0.5) is 4.39 Å². The van der Waals surface area contributed by atoms with Gasteiger partial charge in [0.05, 0.1) is 5.75 Å². The van der Waals surface area contributed by atoms with Gasteiger partial charge in [0.25, 0.3) is 0 Å². The molecule has 0 saturated carbocycles. The van der Waals surface area contributed by atoms with Crippen molar-refractivity contribution in [3.05, 3.63) is 70.5 Å². The predicted octanol–water partition coefficient (Wildman–Crippen LogP) is 3.62. The molecule has 2 aromatic rings. The Morgan fingerprint density at radius 3 is 2.32 bits per heavy atom. The molecule has 1 atom stereocenters. The quantitative estimate of drug-likeness (QED) is 0.914. The molecule has 2 rings (SSSR count). The number of sulfonamides is 1. The van der Waals surface area contributed by atoms with Crippen LogP contribution in [0, 0.1) is 19.7 Å². The van der Waals surface area contributed by atoms with E-state index in [1.54, 1.807) is 0 Å². The molecule has 3 nitrogen and oxygen atoms in total. The summed E-state index contributed by atoms with van der Waals surface area (Å²) in [4.78, 5) is 0. The number of benzene rings is 2. The highest BCUT2D eigenvalue weighted by atomic mass is 32.2. The van der Waals surface area contributed by atoms with Crippen LogP contribution >= 0.6 is 0 Å². The Bertz CT molecular complexity index is 755. The molecule has 0 aliphatic heterocycles. The lowest BCUT2D eigenvalue weighted by Gasteiger charge is -2.17. The van der Waals surface area contributed by atoms with Gasteiger partial charge in [0.2, 0.25) is 10.0 Å². The number of aryl methyl sites for hydroxylation is 2. The van der Waals surface area contributed by atoms with Gasteiger partial charge in [0.1, 0.15) is 5.82 Å². The molecule has 1 N–H and O–H groups in total. The number of hydrogen-bond acceptors (Lipinski definition) is 2. The number of hydrogen-bond donors (Lipinski definition) is 1. The van der Waals surface area contributed by atoms with E-state index in [0.29, 0.717) is 5.56 Å². The normalized spacial score (nSPS) is 13.1. The van der Waals surface area contributed by atoms with Crippen LogP contribution in [0.5, 0.6) is 0 Å². The molecule has 0 amide bonds. The predicted molar refractivity (Wildman–Crippen MR) is 86.5 cm³/mol. The van der Waals surface area contributed by atoms with Gasteiger partial charge in [-0.05, 0) is 49.6 Å². The van der Waals surface area contributed by atoms with E-state index < -0.39 is 10.0 Å². The van der Waals surface area contributed by atoms with Crippen LogP contribution in [0.15, 0.2) is 42.5 Å². The van der Waals surface area contributed by atoms with Crippen molar-refractivity contribution in [3.8, 4) is 0 Å². The maximum absolute atomic E-state index is 12.9. The lowest BCUT2D eigenvalue weighted by Crippen LogP contribution is -2.28. The third-order valence-electron chi connectivity index (χ3n) is 3.52. The van der Waals surface area contributed by atoms with Gasteiger partial charge in [0, 0.05) is 6.04 Å². The minimum atomic E-state index is -3.49. The molecule has 0 saturated heterocycles. The molecule has 0 aromatic heterocycles. The van der Waals surface area contributed by atoms with Gasteiger partial charge >= 0.3 is 0 Å². The van der Waals surface area contributed by atoms with Crippen LogP contribution in [0.25, 0.3) is 0 Å². The number of nitrogens with one attached hydrogen (secondary N) is 1. The van der Waals surface area contributed by atoms with Crippen molar-refractivity contribution in [3.63, 3.8) is 0 Å². The highest BCUT2D eigenvalue weighted by Gasteiger charge is 2.17. The largest absolute Gasteiger partial charge is 0.216 e. The summed E-state index contributed by atoms with van der Waals surface area (Å²) >= 11 is 0. The molecule has 0 spiro atoms. The molecular formula is C17H20FNO2S. The van der Waals surface area contributed by atoms with E-state index in [1.807, 2.05) is 39.0 Å². The minimum Gasteiger partial charge on any atom is -0.212 e. The highest BCUT2D eigenvalue weighted by Crippen LogP contribution is 2.20. The standard InChI is InChI=1S/C17H20FNO2S/c1-12-4-9-17(13(2)10-12)14(3)19-22(20,21)11-15-5-7-16(18)8-6-15/h4-10,14,19H,11H2,1-3H3/t14-/m1/s1. The van der Waals surface area contributed by atoms with E-state index >= 15 is 0 Å². The van der Waals surface area contributed by atoms with Gasteiger partial charge < -0.3 is 0 Å². The maximum atomic E-state index is 12.9. The van der Waals surface area contributed by atoms with Gasteiger partial charge in [-0.3, -0.25) is 0 Å². The molecule has 0 radical (unpaired) electrons. The minimum absolute atomic E-state index is 0.164. The fourth-order valence-corrected chi connectivity index (χ4v) is 3.87. The van der Waals surface area contributed by atoms with Crippen molar-refractivity contribution in [1.82, 2.24) is 4.72 Å². The molecule has 22 heavy (non-hydrogen) atoms. The zero-order chi connectivity index (χ0) is 16.3. The van der Waals surface area contributed by atoms with Gasteiger partial charge in [0.15, 0.2) is 0 Å². The molecular weight excluding hydrogens is 301 g/mol. The molecule has 0 bridgehead atoms. The number of rotatable bonds is 5. The van der Waals surface area contributed by atoms with Crippen molar-refractivity contribution in [1.29, 1.82) is 0 Å². The summed E-state index contributed by atoms with van der Waals surface area (Å²) in [6.07, 6.45) is 0. The van der Waals surface area contributed by atoms with Crippen molar-refractivity contribution in [2.45, 2.75) is 32.6 Å². The molecule has 118 valence electrons. The highest BCUT2D eigenvalue weighted by molar-refractivity contribution is 7.88. The van der Waals surface area contributed by atoms with Crippen molar-refractivity contribution in [2.75, 3.05) is 0 Å². The molecule has 0 aliphatic carbocycles. The molecule has 0 fully saturated rings. The first kappa shape index (κ1) is 16.6. The van der Waals surface area contributed by atoms with Crippen LogP contribution in [0.3, 0.4) is 0 Å². The first-order valence-corrected chi connectivity index (χ1v) is 8.74. The smallest absolute Gasteiger partial charge is 0.212 e. The second kappa shape index (κ2) is 6.58. The van der Waals surface area contributed by atoms with Crippen LogP contribution in [-0.2, 0) is 15.8 Å². The maximum Gasteiger partial charge on any atom is 0.216 e.